The Labute approximate surface area is 153 Å². The van der Waals surface area contributed by atoms with Crippen molar-refractivity contribution in [1.29, 1.82) is 0 Å². The molecular formula is C18H25ClN4O2. The minimum atomic E-state index is -0.107. The van der Waals surface area contributed by atoms with Crippen molar-refractivity contribution in [3.63, 3.8) is 0 Å². The Hall–Kier alpha value is -1.79. The van der Waals surface area contributed by atoms with Crippen LogP contribution in [0.15, 0.2) is 24.3 Å². The summed E-state index contributed by atoms with van der Waals surface area (Å²) in [5.74, 6) is 0.221. The summed E-state index contributed by atoms with van der Waals surface area (Å²) in [7, 11) is 0. The average molecular weight is 365 g/mol. The molecule has 7 heteroatoms. The molecule has 1 aromatic rings. The molecule has 0 saturated carbocycles. The predicted molar refractivity (Wildman–Crippen MR) is 98.9 cm³/mol. The number of carbonyl (C=O) groups excluding carboxylic acids is 2. The fourth-order valence-electron chi connectivity index (χ4n) is 3.28. The summed E-state index contributed by atoms with van der Waals surface area (Å²) in [5, 5.41) is 3.52. The minimum absolute atomic E-state index is 0.107. The second kappa shape index (κ2) is 8.54. The molecule has 0 spiro atoms. The van der Waals surface area contributed by atoms with Gasteiger partial charge in [0.1, 0.15) is 0 Å². The van der Waals surface area contributed by atoms with Gasteiger partial charge in [0.25, 0.3) is 0 Å². The number of hydrogen-bond acceptors (Lipinski definition) is 3. The molecule has 2 aliphatic heterocycles. The van der Waals surface area contributed by atoms with Gasteiger partial charge in [-0.3, -0.25) is 9.69 Å². The molecule has 0 radical (unpaired) electrons. The molecular weight excluding hydrogens is 340 g/mol. The Bertz CT molecular complexity index is 594. The monoisotopic (exact) mass is 364 g/mol. The zero-order chi connectivity index (χ0) is 17.6. The average Bonchev–Trinajstić information content (AvgIpc) is 2.65. The summed E-state index contributed by atoms with van der Waals surface area (Å²) in [6.07, 6.45) is 3.46. The van der Waals surface area contributed by atoms with Crippen molar-refractivity contribution in [2.24, 2.45) is 0 Å². The van der Waals surface area contributed by atoms with Gasteiger partial charge in [-0.15, -0.1) is 0 Å². The Morgan fingerprint density at radius 1 is 0.880 bits per heavy atom. The first-order valence-electron chi connectivity index (χ1n) is 8.93. The number of halogens is 1. The fourth-order valence-corrected chi connectivity index (χ4v) is 3.41. The maximum atomic E-state index is 12.3. The van der Waals surface area contributed by atoms with Crippen molar-refractivity contribution in [2.75, 3.05) is 51.1 Å². The number of piperidine rings is 1. The Morgan fingerprint density at radius 3 is 2.16 bits per heavy atom. The van der Waals surface area contributed by atoms with E-state index in [1.54, 1.807) is 29.2 Å². The number of benzene rings is 1. The largest absolute Gasteiger partial charge is 0.342 e. The molecule has 2 aliphatic rings. The standard InChI is InChI=1S/C18H25ClN4O2/c19-15-4-6-16(7-5-15)20-18(25)23-12-10-21(11-13-23)14-17(24)22-8-2-1-3-9-22/h4-7H,1-3,8-14H2,(H,20,25). The van der Waals surface area contributed by atoms with Gasteiger partial charge in [-0.05, 0) is 43.5 Å². The molecule has 0 aliphatic carbocycles. The highest BCUT2D eigenvalue weighted by Gasteiger charge is 2.24. The number of piperazine rings is 1. The van der Waals surface area contributed by atoms with E-state index in [0.717, 1.165) is 44.7 Å². The second-order valence-corrected chi connectivity index (χ2v) is 7.08. The Balaban J connectivity index is 1.42. The number of amides is 3. The molecule has 2 heterocycles. The van der Waals surface area contributed by atoms with Crippen molar-refractivity contribution >= 4 is 29.2 Å². The van der Waals surface area contributed by atoms with Crippen LogP contribution in [-0.4, -0.2) is 72.5 Å². The number of nitrogens with one attached hydrogen (secondary N) is 1. The van der Waals surface area contributed by atoms with Crippen LogP contribution in [0.4, 0.5) is 10.5 Å². The fraction of sp³-hybridized carbons (Fsp3) is 0.556. The number of rotatable bonds is 3. The van der Waals surface area contributed by atoms with Gasteiger partial charge >= 0.3 is 6.03 Å². The molecule has 3 rings (SSSR count). The van der Waals surface area contributed by atoms with E-state index in [2.05, 4.69) is 10.2 Å². The molecule has 136 valence electrons. The minimum Gasteiger partial charge on any atom is -0.342 e. The smallest absolute Gasteiger partial charge is 0.321 e. The lowest BCUT2D eigenvalue weighted by Gasteiger charge is -2.36. The van der Waals surface area contributed by atoms with E-state index >= 15 is 0 Å². The maximum absolute atomic E-state index is 12.3. The van der Waals surface area contributed by atoms with Gasteiger partial charge in [0.15, 0.2) is 0 Å². The van der Waals surface area contributed by atoms with E-state index < -0.39 is 0 Å². The maximum Gasteiger partial charge on any atom is 0.321 e. The van der Waals surface area contributed by atoms with Gasteiger partial charge in [0, 0.05) is 50.0 Å². The number of hydrogen-bond donors (Lipinski definition) is 1. The van der Waals surface area contributed by atoms with Crippen LogP contribution in [0.25, 0.3) is 0 Å². The highest BCUT2D eigenvalue weighted by atomic mass is 35.5. The van der Waals surface area contributed by atoms with Crippen molar-refractivity contribution in [1.82, 2.24) is 14.7 Å². The van der Waals surface area contributed by atoms with Crippen molar-refractivity contribution in [3.05, 3.63) is 29.3 Å². The lowest BCUT2D eigenvalue weighted by molar-refractivity contribution is -0.133. The highest BCUT2D eigenvalue weighted by molar-refractivity contribution is 6.30. The number of likely N-dealkylation sites (tertiary alicyclic amines) is 1. The zero-order valence-corrected chi connectivity index (χ0v) is 15.2. The molecule has 0 aromatic heterocycles. The first-order valence-corrected chi connectivity index (χ1v) is 9.31. The third kappa shape index (κ3) is 5.09. The van der Waals surface area contributed by atoms with E-state index in [-0.39, 0.29) is 11.9 Å². The van der Waals surface area contributed by atoms with Crippen molar-refractivity contribution in [3.8, 4) is 0 Å². The quantitative estimate of drug-likeness (QED) is 0.896. The summed E-state index contributed by atoms with van der Waals surface area (Å²) in [5.41, 5.74) is 0.733. The molecule has 2 fully saturated rings. The predicted octanol–water partition coefficient (Wildman–Crippen LogP) is 2.50. The van der Waals surface area contributed by atoms with E-state index in [1.807, 2.05) is 4.90 Å². The van der Waals surface area contributed by atoms with E-state index in [9.17, 15) is 9.59 Å². The molecule has 1 aromatic carbocycles. The van der Waals surface area contributed by atoms with Crippen LogP contribution in [0, 0.1) is 0 Å². The molecule has 2 saturated heterocycles. The lowest BCUT2D eigenvalue weighted by atomic mass is 10.1. The SMILES string of the molecule is O=C(CN1CCN(C(=O)Nc2ccc(Cl)cc2)CC1)N1CCCCC1. The van der Waals surface area contributed by atoms with Gasteiger partial charge in [-0.1, -0.05) is 11.6 Å². The van der Waals surface area contributed by atoms with Crippen LogP contribution in [0.5, 0.6) is 0 Å². The van der Waals surface area contributed by atoms with Crippen molar-refractivity contribution in [2.45, 2.75) is 19.3 Å². The lowest BCUT2D eigenvalue weighted by Crippen LogP contribution is -2.52. The summed E-state index contributed by atoms with van der Waals surface area (Å²) in [4.78, 5) is 30.6. The molecule has 0 atom stereocenters. The van der Waals surface area contributed by atoms with E-state index in [0.29, 0.717) is 24.7 Å². The van der Waals surface area contributed by atoms with Gasteiger partial charge in [0.2, 0.25) is 5.91 Å². The Kier molecular flexibility index (Phi) is 6.15. The van der Waals surface area contributed by atoms with Gasteiger partial charge < -0.3 is 15.1 Å². The van der Waals surface area contributed by atoms with E-state index in [4.69, 9.17) is 11.6 Å². The summed E-state index contributed by atoms with van der Waals surface area (Å²) >= 11 is 5.85. The molecule has 6 nitrogen and oxygen atoms in total. The second-order valence-electron chi connectivity index (χ2n) is 6.64. The van der Waals surface area contributed by atoms with Crippen LogP contribution >= 0.6 is 11.6 Å². The van der Waals surface area contributed by atoms with Gasteiger partial charge in [-0.25, -0.2) is 4.79 Å². The van der Waals surface area contributed by atoms with Gasteiger partial charge in [0.05, 0.1) is 6.54 Å². The molecule has 1 N–H and O–H groups in total. The van der Waals surface area contributed by atoms with Gasteiger partial charge in [-0.2, -0.15) is 0 Å². The number of nitrogens with zero attached hydrogens (tertiary/aromatic N) is 3. The topological polar surface area (TPSA) is 55.9 Å². The number of urea groups is 1. The van der Waals surface area contributed by atoms with Crippen LogP contribution in [-0.2, 0) is 4.79 Å². The first-order chi connectivity index (χ1) is 12.1. The van der Waals surface area contributed by atoms with Crippen LogP contribution in [0.2, 0.25) is 5.02 Å². The number of carbonyl (C=O) groups is 2. The summed E-state index contributed by atoms with van der Waals surface area (Å²) < 4.78 is 0. The summed E-state index contributed by atoms with van der Waals surface area (Å²) in [6, 6.07) is 6.97. The Morgan fingerprint density at radius 2 is 1.52 bits per heavy atom. The third-order valence-electron chi connectivity index (χ3n) is 4.82. The number of anilines is 1. The summed E-state index contributed by atoms with van der Waals surface area (Å²) in [6.45, 7) is 4.97. The highest BCUT2D eigenvalue weighted by Crippen LogP contribution is 2.15. The molecule has 0 unspecified atom stereocenters. The first kappa shape index (κ1) is 18.0. The zero-order valence-electron chi connectivity index (χ0n) is 14.4. The normalized spacial score (nSPS) is 18.9. The van der Waals surface area contributed by atoms with Crippen LogP contribution in [0.1, 0.15) is 19.3 Å². The molecule has 25 heavy (non-hydrogen) atoms. The van der Waals surface area contributed by atoms with Crippen LogP contribution in [0.3, 0.4) is 0 Å². The van der Waals surface area contributed by atoms with E-state index in [1.165, 1.54) is 6.42 Å². The third-order valence-corrected chi connectivity index (χ3v) is 5.07. The molecule has 0 bridgehead atoms. The molecule has 3 amide bonds. The van der Waals surface area contributed by atoms with Crippen LogP contribution < -0.4 is 5.32 Å². The van der Waals surface area contributed by atoms with Crippen molar-refractivity contribution < 1.29 is 9.59 Å².